The fourth-order valence-corrected chi connectivity index (χ4v) is 7.62. The number of piperidine rings is 2. The maximum Gasteiger partial charge on any atom is 0.255 e. The average Bonchev–Trinajstić information content (AvgIpc) is 3.32. The molecule has 63 heavy (non-hydrogen) atoms. The Balaban J connectivity index is 0.000000272. The van der Waals surface area contributed by atoms with Gasteiger partial charge >= 0.3 is 0 Å². The number of carbonyl (C=O) groups is 2. The van der Waals surface area contributed by atoms with Gasteiger partial charge in [-0.3, -0.25) is 9.59 Å². The van der Waals surface area contributed by atoms with Gasteiger partial charge in [-0.2, -0.15) is 10.5 Å². The lowest BCUT2D eigenvalue weighted by Crippen LogP contribution is -2.55. The normalized spacial score (nSPS) is 18.4. The first-order valence-corrected chi connectivity index (χ1v) is 20.9. The summed E-state index contributed by atoms with van der Waals surface area (Å²) >= 11 is 0. The fourth-order valence-electron chi connectivity index (χ4n) is 7.62. The van der Waals surface area contributed by atoms with E-state index < -0.39 is 0 Å². The monoisotopic (exact) mass is 864 g/mol. The largest absolute Gasteiger partial charge is 0.496 e. The van der Waals surface area contributed by atoms with Crippen molar-refractivity contribution in [2.24, 2.45) is 0 Å². The molecule has 0 saturated carbocycles. The highest BCUT2D eigenvalue weighted by Gasteiger charge is 2.32. The highest BCUT2D eigenvalue weighted by molar-refractivity contribution is 5.97. The van der Waals surface area contributed by atoms with Gasteiger partial charge in [0.25, 0.3) is 11.8 Å². The van der Waals surface area contributed by atoms with E-state index in [1.54, 1.807) is 89.4 Å². The summed E-state index contributed by atoms with van der Waals surface area (Å²) in [5.41, 5.74) is 2.15. The number of para-hydroxylation sites is 2. The minimum atomic E-state index is -0.147. The number of rotatable bonds is 18. The molecule has 4 aromatic rings. The summed E-state index contributed by atoms with van der Waals surface area (Å²) in [6.45, 7) is 6.51. The van der Waals surface area contributed by atoms with Gasteiger partial charge in [-0.1, -0.05) is 24.3 Å². The molecule has 6 rings (SSSR count). The summed E-state index contributed by atoms with van der Waals surface area (Å²) in [6.07, 6.45) is 6.64. The van der Waals surface area contributed by atoms with Crippen molar-refractivity contribution in [3.8, 4) is 23.6 Å². The smallest absolute Gasteiger partial charge is 0.255 e. The topological polar surface area (TPSA) is 231 Å². The number of ether oxygens (including phenoxy) is 4. The van der Waals surface area contributed by atoms with E-state index in [9.17, 15) is 9.59 Å². The molecule has 2 aromatic carbocycles. The van der Waals surface area contributed by atoms with Crippen LogP contribution in [0.4, 0.5) is 11.6 Å². The lowest BCUT2D eigenvalue weighted by molar-refractivity contribution is 0.00637. The van der Waals surface area contributed by atoms with E-state index in [1.807, 2.05) is 24.3 Å². The number of hydrogen-bond donors (Lipinski definition) is 4. The van der Waals surface area contributed by atoms with Crippen molar-refractivity contribution in [2.75, 3.05) is 91.4 Å². The number of likely N-dealkylation sites (tertiary alicyclic amines) is 2. The van der Waals surface area contributed by atoms with E-state index >= 15 is 0 Å². The molecule has 2 amide bonds. The third-order valence-electron chi connectivity index (χ3n) is 11.0. The molecule has 4 unspecified atom stereocenters. The van der Waals surface area contributed by atoms with Crippen LogP contribution in [0, 0.1) is 22.7 Å². The molecule has 4 atom stereocenters. The van der Waals surface area contributed by atoms with Crippen LogP contribution in [0.15, 0.2) is 85.2 Å². The van der Waals surface area contributed by atoms with Crippen molar-refractivity contribution < 1.29 is 34.0 Å². The molecule has 6 N–H and O–H groups in total. The number of benzene rings is 2. The Morgan fingerprint density at radius 1 is 0.651 bits per heavy atom. The predicted octanol–water partition coefficient (Wildman–Crippen LogP) is 3.74. The molecule has 17 heteroatoms. The van der Waals surface area contributed by atoms with Crippen molar-refractivity contribution in [3.05, 3.63) is 107 Å². The molecule has 2 aromatic heterocycles. The zero-order chi connectivity index (χ0) is 44.1. The summed E-state index contributed by atoms with van der Waals surface area (Å²) in [6, 6.07) is 25.6. The second kappa shape index (κ2) is 26.2. The van der Waals surface area contributed by atoms with Crippen LogP contribution in [0.3, 0.4) is 0 Å². The predicted molar refractivity (Wildman–Crippen MR) is 240 cm³/mol. The molecule has 336 valence electrons. The van der Waals surface area contributed by atoms with Crippen LogP contribution in [0.25, 0.3) is 0 Å². The first-order chi connectivity index (χ1) is 30.3. The number of carbonyl (C=O) groups excluding carboxylic acids is 2. The van der Waals surface area contributed by atoms with Gasteiger partial charge in [0.05, 0.1) is 60.8 Å². The summed E-state index contributed by atoms with van der Waals surface area (Å²) in [4.78, 5) is 38.6. The van der Waals surface area contributed by atoms with Crippen LogP contribution in [-0.4, -0.2) is 142 Å². The fraction of sp³-hybridized carbons (Fsp3) is 0.435. The van der Waals surface area contributed by atoms with Crippen LogP contribution in [0.5, 0.6) is 11.5 Å². The van der Waals surface area contributed by atoms with Gasteiger partial charge in [-0.05, 0) is 87.3 Å². The third-order valence-corrected chi connectivity index (χ3v) is 11.0. The number of nitrogens with one attached hydrogen (secondary N) is 4. The average molecular weight is 865 g/mol. The summed E-state index contributed by atoms with van der Waals surface area (Å²) in [7, 11) is 6.49. The Morgan fingerprint density at radius 2 is 1.06 bits per heavy atom. The Bertz CT molecular complexity index is 1980. The van der Waals surface area contributed by atoms with E-state index in [-0.39, 0.29) is 41.6 Å². The van der Waals surface area contributed by atoms with Gasteiger partial charge in [0.2, 0.25) is 0 Å². The zero-order valence-corrected chi connectivity index (χ0v) is 36.5. The van der Waals surface area contributed by atoms with Crippen molar-refractivity contribution in [1.82, 2.24) is 30.4 Å². The number of nitriles is 2. The van der Waals surface area contributed by atoms with Crippen LogP contribution in [0.2, 0.25) is 0 Å². The Labute approximate surface area is 370 Å². The number of anilines is 2. The van der Waals surface area contributed by atoms with E-state index in [1.165, 1.54) is 0 Å². The first kappa shape index (κ1) is 49.3. The quantitative estimate of drug-likeness (QED) is 0.105. The Hall–Kier alpha value is -6.34. The second-order valence-corrected chi connectivity index (χ2v) is 14.9. The van der Waals surface area contributed by atoms with Gasteiger partial charge in [0.15, 0.2) is 0 Å². The molecule has 0 aliphatic carbocycles. The van der Waals surface area contributed by atoms with Crippen LogP contribution < -0.4 is 30.7 Å². The van der Waals surface area contributed by atoms with E-state index in [0.717, 1.165) is 78.0 Å². The van der Waals surface area contributed by atoms with Gasteiger partial charge in [-0.15, -0.1) is 0 Å². The van der Waals surface area contributed by atoms with Gasteiger partial charge in [0, 0.05) is 65.9 Å². The minimum Gasteiger partial charge on any atom is -0.496 e. The van der Waals surface area contributed by atoms with Crippen molar-refractivity contribution in [3.63, 3.8) is 0 Å². The van der Waals surface area contributed by atoms with Gasteiger partial charge in [-0.25, -0.2) is 9.97 Å². The maximum absolute atomic E-state index is 12.7. The molecule has 17 nitrogen and oxygen atoms in total. The van der Waals surface area contributed by atoms with Gasteiger partial charge < -0.3 is 55.5 Å². The number of pyridine rings is 2. The lowest BCUT2D eigenvalue weighted by atomic mass is 10.0. The molecule has 2 fully saturated rings. The first-order valence-electron chi connectivity index (χ1n) is 20.9. The number of methoxy groups -OCH3 is 4. The number of aromatic nitrogens is 2. The second-order valence-electron chi connectivity index (χ2n) is 14.9. The van der Waals surface area contributed by atoms with E-state index in [2.05, 4.69) is 53.2 Å². The molecule has 0 radical (unpaired) electrons. The zero-order valence-electron chi connectivity index (χ0n) is 36.5. The summed E-state index contributed by atoms with van der Waals surface area (Å²) in [5, 5.41) is 31.0. The third kappa shape index (κ3) is 14.4. The number of hydrogen-bond acceptors (Lipinski definition) is 14. The molecule has 0 spiro atoms. The molecule has 2 saturated heterocycles. The minimum absolute atomic E-state index is 0. The molecular weight excluding hydrogens is 805 g/mol. The SMILES string of the molecule is COc1ccccc1C(=O)NC1CCN(CCCNc2ncccc2C#N)CC1OC.COc1ccccc1C(=O)NC1CCN(CCCNc2ncccc2C#N)CC1OC.O. The highest BCUT2D eigenvalue weighted by atomic mass is 16.5. The van der Waals surface area contributed by atoms with E-state index in [4.69, 9.17) is 29.5 Å². The van der Waals surface area contributed by atoms with Crippen LogP contribution in [0.1, 0.15) is 57.5 Å². The molecule has 2 aliphatic rings. The lowest BCUT2D eigenvalue weighted by Gasteiger charge is -2.38. The molecular formula is C46H60N10O7. The van der Waals surface area contributed by atoms with E-state index in [0.29, 0.717) is 45.4 Å². The standard InChI is InChI=1S/2C23H29N5O3.H2O/c2*1-30-20-9-4-3-8-18(20)23(29)27-19-10-14-28(16-21(19)31-2)13-6-12-26-22-17(15-24)7-5-11-25-22;/h2*3-5,7-9,11,19,21H,6,10,12-14,16H2,1-2H3,(H,25,26)(H,27,29);1H2. The van der Waals surface area contributed by atoms with Gasteiger partial charge in [0.1, 0.15) is 35.3 Å². The summed E-state index contributed by atoms with van der Waals surface area (Å²) in [5.74, 6) is 2.07. The highest BCUT2D eigenvalue weighted by Crippen LogP contribution is 2.22. The van der Waals surface area contributed by atoms with Crippen molar-refractivity contribution in [1.29, 1.82) is 10.5 Å². The van der Waals surface area contributed by atoms with Crippen molar-refractivity contribution in [2.45, 2.75) is 50.0 Å². The molecule has 4 heterocycles. The molecule has 0 bridgehead atoms. The van der Waals surface area contributed by atoms with Crippen LogP contribution in [-0.2, 0) is 9.47 Å². The maximum atomic E-state index is 12.7. The summed E-state index contributed by atoms with van der Waals surface area (Å²) < 4.78 is 22.0. The number of amides is 2. The van der Waals surface area contributed by atoms with Crippen molar-refractivity contribution >= 4 is 23.5 Å². The number of nitrogens with zero attached hydrogens (tertiary/aromatic N) is 6. The Kier molecular flexibility index (Phi) is 20.5. The Morgan fingerprint density at radius 3 is 1.44 bits per heavy atom. The van der Waals surface area contributed by atoms with Crippen LogP contribution >= 0.6 is 0 Å². The molecule has 2 aliphatic heterocycles.